The minimum atomic E-state index is -0.775. The molecule has 0 aliphatic carbocycles. The third-order valence-electron chi connectivity index (χ3n) is 14.8. The molecule has 0 saturated carbocycles. The summed E-state index contributed by atoms with van der Waals surface area (Å²) in [4.78, 5) is 38.3. The Bertz CT molecular complexity index is 1300. The number of carbonyl (C=O) groups excluding carboxylic acids is 3. The molecule has 0 saturated heterocycles. The van der Waals surface area contributed by atoms with Crippen molar-refractivity contribution >= 4 is 17.9 Å². The van der Waals surface area contributed by atoms with E-state index >= 15 is 0 Å². The van der Waals surface area contributed by atoms with Crippen LogP contribution in [0.25, 0.3) is 0 Å². The van der Waals surface area contributed by atoms with E-state index in [1.807, 2.05) is 0 Å². The standard InChI is InChI=1S/C69H126O6/c1-4-7-10-13-16-19-22-25-28-30-31-32-33-34-35-36-37-38-39-40-42-44-47-50-53-56-59-62-68(71)74-65-66(64-73-67(70)61-58-55-52-49-46-43-27-24-21-18-15-12-9-6-3)75-69(72)63-60-57-54-51-48-45-41-29-26-23-20-17-14-11-8-5-2/h22,24-25,27,30-31,33-34,66H,4-21,23,26,28-29,32,35-65H2,1-3H3/b25-22-,27-24-,31-30-,34-33-. The van der Waals surface area contributed by atoms with Crippen molar-refractivity contribution in [1.29, 1.82) is 0 Å². The van der Waals surface area contributed by atoms with Crippen LogP contribution in [0.4, 0.5) is 0 Å². The van der Waals surface area contributed by atoms with Crippen molar-refractivity contribution < 1.29 is 28.6 Å². The van der Waals surface area contributed by atoms with Crippen LogP contribution >= 0.6 is 0 Å². The van der Waals surface area contributed by atoms with Gasteiger partial charge in [-0.25, -0.2) is 0 Å². The van der Waals surface area contributed by atoms with Crippen LogP contribution in [0, 0.1) is 0 Å². The van der Waals surface area contributed by atoms with Gasteiger partial charge in [0.05, 0.1) is 0 Å². The molecule has 0 aliphatic heterocycles. The third kappa shape index (κ3) is 62.1. The molecular formula is C69H126O6. The summed E-state index contributed by atoms with van der Waals surface area (Å²) in [7, 11) is 0. The predicted molar refractivity (Wildman–Crippen MR) is 325 cm³/mol. The maximum Gasteiger partial charge on any atom is 0.306 e. The molecule has 0 spiro atoms. The number of rotatable bonds is 61. The van der Waals surface area contributed by atoms with Gasteiger partial charge in [-0.1, -0.05) is 301 Å². The lowest BCUT2D eigenvalue weighted by atomic mass is 10.0. The molecule has 0 amide bonds. The van der Waals surface area contributed by atoms with Crippen molar-refractivity contribution in [3.05, 3.63) is 48.6 Å². The molecule has 0 aromatic carbocycles. The van der Waals surface area contributed by atoms with E-state index in [4.69, 9.17) is 14.2 Å². The second-order valence-corrected chi connectivity index (χ2v) is 22.4. The van der Waals surface area contributed by atoms with Gasteiger partial charge in [0.1, 0.15) is 13.2 Å². The highest BCUT2D eigenvalue weighted by atomic mass is 16.6. The number of hydrogen-bond donors (Lipinski definition) is 0. The smallest absolute Gasteiger partial charge is 0.306 e. The first-order chi connectivity index (χ1) is 37.0. The molecule has 438 valence electrons. The maximum atomic E-state index is 12.9. The van der Waals surface area contributed by atoms with Crippen LogP contribution in [0.1, 0.15) is 355 Å². The van der Waals surface area contributed by atoms with Crippen LogP contribution in [0.5, 0.6) is 0 Å². The largest absolute Gasteiger partial charge is 0.462 e. The predicted octanol–water partition coefficient (Wildman–Crippen LogP) is 22.6. The first-order valence-electron chi connectivity index (χ1n) is 33.1. The fourth-order valence-electron chi connectivity index (χ4n) is 9.80. The van der Waals surface area contributed by atoms with E-state index in [0.29, 0.717) is 19.3 Å². The molecular weight excluding hydrogens is 925 g/mol. The molecule has 1 atom stereocenters. The van der Waals surface area contributed by atoms with E-state index in [9.17, 15) is 14.4 Å². The molecule has 6 nitrogen and oxygen atoms in total. The summed E-state index contributed by atoms with van der Waals surface area (Å²) in [5.41, 5.74) is 0. The molecule has 0 fully saturated rings. The average molecular weight is 1050 g/mol. The van der Waals surface area contributed by atoms with Gasteiger partial charge >= 0.3 is 17.9 Å². The Morgan fingerprint density at radius 1 is 0.267 bits per heavy atom. The van der Waals surface area contributed by atoms with Gasteiger partial charge in [0.15, 0.2) is 6.10 Å². The highest BCUT2D eigenvalue weighted by Gasteiger charge is 2.19. The van der Waals surface area contributed by atoms with Gasteiger partial charge in [-0.15, -0.1) is 0 Å². The van der Waals surface area contributed by atoms with Crippen LogP contribution in [0.2, 0.25) is 0 Å². The molecule has 1 unspecified atom stereocenters. The minimum absolute atomic E-state index is 0.0726. The van der Waals surface area contributed by atoms with E-state index in [0.717, 1.165) is 77.0 Å². The molecule has 0 rings (SSSR count). The topological polar surface area (TPSA) is 78.9 Å². The normalized spacial score (nSPS) is 12.3. The van der Waals surface area contributed by atoms with Gasteiger partial charge in [-0.2, -0.15) is 0 Å². The monoisotopic (exact) mass is 1050 g/mol. The second kappa shape index (κ2) is 63.9. The summed E-state index contributed by atoms with van der Waals surface area (Å²) in [6, 6.07) is 0. The molecule has 0 aromatic heterocycles. The van der Waals surface area contributed by atoms with Crippen molar-refractivity contribution in [1.82, 2.24) is 0 Å². The number of allylic oxidation sites excluding steroid dienone is 8. The van der Waals surface area contributed by atoms with Crippen LogP contribution < -0.4 is 0 Å². The fourth-order valence-corrected chi connectivity index (χ4v) is 9.80. The minimum Gasteiger partial charge on any atom is -0.462 e. The summed E-state index contributed by atoms with van der Waals surface area (Å²) >= 11 is 0. The van der Waals surface area contributed by atoms with Crippen LogP contribution in [0.3, 0.4) is 0 Å². The van der Waals surface area contributed by atoms with Gasteiger partial charge < -0.3 is 14.2 Å². The first kappa shape index (κ1) is 72.4. The van der Waals surface area contributed by atoms with E-state index in [1.54, 1.807) is 0 Å². The molecule has 0 aliphatic rings. The summed E-state index contributed by atoms with van der Waals surface area (Å²) in [6.45, 7) is 6.67. The molecule has 6 heteroatoms. The molecule has 0 N–H and O–H groups in total. The highest BCUT2D eigenvalue weighted by molar-refractivity contribution is 5.71. The number of ether oxygens (including phenoxy) is 3. The Kier molecular flexibility index (Phi) is 61.7. The highest BCUT2D eigenvalue weighted by Crippen LogP contribution is 2.17. The van der Waals surface area contributed by atoms with Crippen molar-refractivity contribution in [2.75, 3.05) is 13.2 Å². The Labute approximate surface area is 467 Å². The van der Waals surface area contributed by atoms with Crippen molar-refractivity contribution in [3.63, 3.8) is 0 Å². The zero-order valence-corrected chi connectivity index (χ0v) is 50.3. The fraction of sp³-hybridized carbons (Fsp3) is 0.841. The zero-order chi connectivity index (χ0) is 54.3. The molecule has 0 radical (unpaired) electrons. The Morgan fingerprint density at radius 3 is 0.760 bits per heavy atom. The Balaban J connectivity index is 4.25. The van der Waals surface area contributed by atoms with E-state index < -0.39 is 6.10 Å². The first-order valence-corrected chi connectivity index (χ1v) is 33.1. The van der Waals surface area contributed by atoms with Gasteiger partial charge in [-0.3, -0.25) is 14.4 Å². The zero-order valence-electron chi connectivity index (χ0n) is 50.3. The van der Waals surface area contributed by atoms with Crippen LogP contribution in [0.15, 0.2) is 48.6 Å². The van der Waals surface area contributed by atoms with Gasteiger partial charge in [0.2, 0.25) is 0 Å². The van der Waals surface area contributed by atoms with E-state index in [-0.39, 0.29) is 31.1 Å². The van der Waals surface area contributed by atoms with Crippen molar-refractivity contribution in [2.24, 2.45) is 0 Å². The SMILES string of the molecule is CCCCCCC/C=C\C/C=C\C/C=C\CCCCCCCCCCCCCCC(=O)OCC(COC(=O)CCCCCCC/C=C\CCCCCCC)OC(=O)CCCCCCCCCCCCCCCCCC. The molecule has 0 heterocycles. The lowest BCUT2D eigenvalue weighted by Gasteiger charge is -2.18. The van der Waals surface area contributed by atoms with Crippen LogP contribution in [-0.4, -0.2) is 37.2 Å². The number of esters is 3. The van der Waals surface area contributed by atoms with Gasteiger partial charge in [0.25, 0.3) is 0 Å². The van der Waals surface area contributed by atoms with Crippen LogP contribution in [-0.2, 0) is 28.6 Å². The Hall–Kier alpha value is -2.63. The molecule has 75 heavy (non-hydrogen) atoms. The summed E-state index contributed by atoms with van der Waals surface area (Å²) in [6.07, 6.45) is 79.8. The van der Waals surface area contributed by atoms with Gasteiger partial charge in [-0.05, 0) is 83.5 Å². The number of unbranched alkanes of at least 4 members (excludes halogenated alkanes) is 42. The van der Waals surface area contributed by atoms with E-state index in [2.05, 4.69) is 69.4 Å². The second-order valence-electron chi connectivity index (χ2n) is 22.4. The average Bonchev–Trinajstić information content (AvgIpc) is 3.41. The lowest BCUT2D eigenvalue weighted by molar-refractivity contribution is -0.167. The van der Waals surface area contributed by atoms with Crippen molar-refractivity contribution in [3.8, 4) is 0 Å². The number of carbonyl (C=O) groups is 3. The maximum absolute atomic E-state index is 12.9. The lowest BCUT2D eigenvalue weighted by Crippen LogP contribution is -2.30. The Morgan fingerprint density at radius 2 is 0.480 bits per heavy atom. The summed E-state index contributed by atoms with van der Waals surface area (Å²) in [5.74, 6) is -0.861. The third-order valence-corrected chi connectivity index (χ3v) is 14.8. The quantitative estimate of drug-likeness (QED) is 0.0261. The van der Waals surface area contributed by atoms with Gasteiger partial charge in [0, 0.05) is 19.3 Å². The number of hydrogen-bond acceptors (Lipinski definition) is 6. The molecule has 0 aromatic rings. The summed E-state index contributed by atoms with van der Waals surface area (Å²) < 4.78 is 16.9. The summed E-state index contributed by atoms with van der Waals surface area (Å²) in [5, 5.41) is 0. The molecule has 0 bridgehead atoms. The van der Waals surface area contributed by atoms with Crippen molar-refractivity contribution in [2.45, 2.75) is 361 Å². The van der Waals surface area contributed by atoms with E-state index in [1.165, 1.54) is 238 Å².